The average Bonchev–Trinajstić information content (AvgIpc) is 3.02. The number of anilines is 2. The molecule has 0 atom stereocenters. The first-order valence-corrected chi connectivity index (χ1v) is 9.02. The number of likely N-dealkylation sites (N-methyl/N-ethyl adjacent to an activating group) is 1. The SMILES string of the molecule is CNc1nnc(SCC(=O)N(C)CC(=O)Nc2ccc(C)cc2)s1. The Balaban J connectivity index is 1.77. The lowest BCUT2D eigenvalue weighted by molar-refractivity contribution is -0.131. The number of benzene rings is 1. The van der Waals surface area contributed by atoms with Crippen LogP contribution in [0.5, 0.6) is 0 Å². The monoisotopic (exact) mass is 365 g/mol. The number of hydrogen-bond acceptors (Lipinski definition) is 7. The van der Waals surface area contributed by atoms with Crippen LogP contribution in [0.4, 0.5) is 10.8 Å². The van der Waals surface area contributed by atoms with Crippen LogP contribution in [0.3, 0.4) is 0 Å². The van der Waals surface area contributed by atoms with Crippen molar-refractivity contribution in [2.45, 2.75) is 11.3 Å². The topological polar surface area (TPSA) is 87.2 Å². The lowest BCUT2D eigenvalue weighted by atomic mass is 10.2. The minimum absolute atomic E-state index is 0.00511. The molecule has 0 fully saturated rings. The molecule has 0 radical (unpaired) electrons. The summed E-state index contributed by atoms with van der Waals surface area (Å²) < 4.78 is 0.713. The Bertz CT molecular complexity index is 702. The lowest BCUT2D eigenvalue weighted by Crippen LogP contribution is -2.35. The molecule has 0 unspecified atom stereocenters. The van der Waals surface area contributed by atoms with Crippen LogP contribution in [0.15, 0.2) is 28.6 Å². The van der Waals surface area contributed by atoms with Gasteiger partial charge in [-0.1, -0.05) is 40.8 Å². The number of amides is 2. The van der Waals surface area contributed by atoms with Crippen LogP contribution in [-0.2, 0) is 9.59 Å². The second kappa shape index (κ2) is 8.65. The molecule has 1 aromatic heterocycles. The number of hydrogen-bond donors (Lipinski definition) is 2. The Morgan fingerprint density at radius 3 is 2.58 bits per heavy atom. The molecule has 2 aromatic rings. The molecule has 1 aromatic carbocycles. The highest BCUT2D eigenvalue weighted by Crippen LogP contribution is 2.25. The first-order chi connectivity index (χ1) is 11.5. The summed E-state index contributed by atoms with van der Waals surface area (Å²) in [6, 6.07) is 7.50. The quantitative estimate of drug-likeness (QED) is 0.731. The van der Waals surface area contributed by atoms with E-state index in [0.717, 1.165) is 5.56 Å². The highest BCUT2D eigenvalue weighted by atomic mass is 32.2. The zero-order chi connectivity index (χ0) is 17.5. The second-order valence-electron chi connectivity index (χ2n) is 5.08. The smallest absolute Gasteiger partial charge is 0.243 e. The van der Waals surface area contributed by atoms with Crippen LogP contribution < -0.4 is 10.6 Å². The van der Waals surface area contributed by atoms with Gasteiger partial charge in [-0.2, -0.15) is 0 Å². The van der Waals surface area contributed by atoms with Crippen molar-refractivity contribution in [1.29, 1.82) is 0 Å². The van der Waals surface area contributed by atoms with E-state index in [4.69, 9.17) is 0 Å². The van der Waals surface area contributed by atoms with Gasteiger partial charge in [0.25, 0.3) is 0 Å². The standard InChI is InChI=1S/C15H19N5O2S2/c1-10-4-6-11(7-5-10)17-12(21)8-20(3)13(22)9-23-15-19-18-14(16-2)24-15/h4-7H,8-9H2,1-3H3,(H,16,18)(H,17,21). The van der Waals surface area contributed by atoms with Gasteiger partial charge in [0.1, 0.15) is 0 Å². The average molecular weight is 365 g/mol. The van der Waals surface area contributed by atoms with Crippen molar-refractivity contribution in [3.63, 3.8) is 0 Å². The fourth-order valence-electron chi connectivity index (χ4n) is 1.74. The normalized spacial score (nSPS) is 10.3. The summed E-state index contributed by atoms with van der Waals surface area (Å²) in [5, 5.41) is 14.2. The molecule has 24 heavy (non-hydrogen) atoms. The van der Waals surface area contributed by atoms with Crippen LogP contribution in [0.2, 0.25) is 0 Å². The second-order valence-corrected chi connectivity index (χ2v) is 7.28. The fraction of sp³-hybridized carbons (Fsp3) is 0.333. The van der Waals surface area contributed by atoms with Crippen molar-refractivity contribution in [2.75, 3.05) is 37.0 Å². The molecular formula is C15H19N5O2S2. The molecule has 0 saturated heterocycles. The lowest BCUT2D eigenvalue weighted by Gasteiger charge is -2.16. The molecule has 2 N–H and O–H groups in total. The summed E-state index contributed by atoms with van der Waals surface area (Å²) in [6.07, 6.45) is 0. The van der Waals surface area contributed by atoms with E-state index < -0.39 is 0 Å². The van der Waals surface area contributed by atoms with E-state index in [1.807, 2.05) is 31.2 Å². The predicted octanol–water partition coefficient (Wildman–Crippen LogP) is 2.08. The van der Waals surface area contributed by atoms with Gasteiger partial charge in [0.15, 0.2) is 4.34 Å². The summed E-state index contributed by atoms with van der Waals surface area (Å²) in [4.78, 5) is 25.5. The van der Waals surface area contributed by atoms with Crippen LogP contribution in [0.25, 0.3) is 0 Å². The zero-order valence-electron chi connectivity index (χ0n) is 13.7. The molecule has 2 rings (SSSR count). The zero-order valence-corrected chi connectivity index (χ0v) is 15.3. The Labute approximate surface area is 148 Å². The molecule has 0 saturated carbocycles. The number of carbonyl (C=O) groups is 2. The van der Waals surface area contributed by atoms with Gasteiger partial charge in [-0.15, -0.1) is 10.2 Å². The molecule has 0 aliphatic carbocycles. The van der Waals surface area contributed by atoms with Crippen LogP contribution in [0.1, 0.15) is 5.56 Å². The van der Waals surface area contributed by atoms with E-state index >= 15 is 0 Å². The van der Waals surface area contributed by atoms with Gasteiger partial charge in [-0.25, -0.2) is 0 Å². The molecular weight excluding hydrogens is 346 g/mol. The van der Waals surface area contributed by atoms with Crippen LogP contribution >= 0.6 is 23.1 Å². The molecule has 0 spiro atoms. The van der Waals surface area contributed by atoms with E-state index in [1.54, 1.807) is 14.1 Å². The summed E-state index contributed by atoms with van der Waals surface area (Å²) in [6.45, 7) is 1.98. The van der Waals surface area contributed by atoms with Gasteiger partial charge >= 0.3 is 0 Å². The van der Waals surface area contributed by atoms with E-state index in [9.17, 15) is 9.59 Å². The maximum absolute atomic E-state index is 12.1. The van der Waals surface area contributed by atoms with E-state index in [1.165, 1.54) is 28.0 Å². The molecule has 128 valence electrons. The fourth-order valence-corrected chi connectivity index (χ4v) is 3.39. The molecule has 1 heterocycles. The third-order valence-corrected chi connectivity index (χ3v) is 5.14. The molecule has 0 bridgehead atoms. The summed E-state index contributed by atoms with van der Waals surface area (Å²) >= 11 is 2.69. The maximum atomic E-state index is 12.1. The highest BCUT2D eigenvalue weighted by Gasteiger charge is 2.14. The first-order valence-electron chi connectivity index (χ1n) is 7.22. The van der Waals surface area contributed by atoms with Gasteiger partial charge in [0, 0.05) is 19.8 Å². The predicted molar refractivity (Wildman–Crippen MR) is 97.6 cm³/mol. The van der Waals surface area contributed by atoms with Crippen molar-refractivity contribution in [2.24, 2.45) is 0 Å². The van der Waals surface area contributed by atoms with Crippen molar-refractivity contribution in [3.8, 4) is 0 Å². The van der Waals surface area contributed by atoms with Crippen LogP contribution in [0, 0.1) is 6.92 Å². The van der Waals surface area contributed by atoms with Gasteiger partial charge in [0.2, 0.25) is 16.9 Å². The molecule has 0 aliphatic rings. The van der Waals surface area contributed by atoms with Gasteiger partial charge in [-0.05, 0) is 19.1 Å². The van der Waals surface area contributed by atoms with E-state index in [0.29, 0.717) is 15.2 Å². The number of aryl methyl sites for hydroxylation is 1. The van der Waals surface area contributed by atoms with Gasteiger partial charge in [-0.3, -0.25) is 9.59 Å². The van der Waals surface area contributed by atoms with E-state index in [2.05, 4.69) is 20.8 Å². The largest absolute Gasteiger partial charge is 0.363 e. The Kier molecular flexibility index (Phi) is 6.56. The maximum Gasteiger partial charge on any atom is 0.243 e. The number of carbonyl (C=O) groups excluding carboxylic acids is 2. The number of aromatic nitrogens is 2. The highest BCUT2D eigenvalue weighted by molar-refractivity contribution is 8.01. The summed E-state index contributed by atoms with van der Waals surface area (Å²) in [5.74, 6) is -0.152. The van der Waals surface area contributed by atoms with Gasteiger partial charge in [0.05, 0.1) is 12.3 Å². The van der Waals surface area contributed by atoms with Crippen molar-refractivity contribution < 1.29 is 9.59 Å². The summed E-state index contributed by atoms with van der Waals surface area (Å²) in [5.41, 5.74) is 1.84. The molecule has 2 amide bonds. The van der Waals surface area contributed by atoms with Crippen LogP contribution in [-0.4, -0.2) is 53.3 Å². The third-order valence-electron chi connectivity index (χ3n) is 3.08. The number of nitrogens with one attached hydrogen (secondary N) is 2. The number of rotatable bonds is 7. The van der Waals surface area contributed by atoms with E-state index in [-0.39, 0.29) is 24.1 Å². The molecule has 9 heteroatoms. The van der Waals surface area contributed by atoms with Crippen molar-refractivity contribution in [3.05, 3.63) is 29.8 Å². The summed E-state index contributed by atoms with van der Waals surface area (Å²) in [7, 11) is 3.37. The first kappa shape index (κ1) is 18.2. The molecule has 7 nitrogen and oxygen atoms in total. The van der Waals surface area contributed by atoms with Gasteiger partial charge < -0.3 is 15.5 Å². The molecule has 0 aliphatic heterocycles. The van der Waals surface area contributed by atoms with Crippen molar-refractivity contribution >= 4 is 45.7 Å². The number of nitrogens with zero attached hydrogens (tertiary/aromatic N) is 3. The Morgan fingerprint density at radius 1 is 1.25 bits per heavy atom. The minimum atomic E-state index is -0.229. The Morgan fingerprint density at radius 2 is 1.96 bits per heavy atom. The Hall–Kier alpha value is -2.13. The number of thioether (sulfide) groups is 1. The van der Waals surface area contributed by atoms with Crippen molar-refractivity contribution in [1.82, 2.24) is 15.1 Å². The third kappa shape index (κ3) is 5.50. The minimum Gasteiger partial charge on any atom is -0.363 e.